The zero-order valence-corrected chi connectivity index (χ0v) is 16.7. The number of ketones is 1. The van der Waals surface area contributed by atoms with E-state index >= 15 is 0 Å². The maximum Gasteiger partial charge on any atom is 0.145 e. The first-order valence-corrected chi connectivity index (χ1v) is 9.87. The van der Waals surface area contributed by atoms with Crippen LogP contribution in [-0.4, -0.2) is 103 Å². The van der Waals surface area contributed by atoms with Crippen LogP contribution < -0.4 is 0 Å². The summed E-state index contributed by atoms with van der Waals surface area (Å²) in [4.78, 5) is 18.2. The number of carbonyl (C=O) groups is 1. The molecule has 150 valence electrons. The zero-order chi connectivity index (χ0) is 18.9. The van der Waals surface area contributed by atoms with Crippen LogP contribution in [0.5, 0.6) is 0 Å². The molecule has 0 aliphatic carbocycles. The quantitative estimate of drug-likeness (QED) is 0.783. The smallest absolute Gasteiger partial charge is 0.145 e. The van der Waals surface area contributed by atoms with Crippen molar-refractivity contribution in [3.63, 3.8) is 0 Å². The number of ether oxygens (including phenoxy) is 2. The summed E-state index contributed by atoms with van der Waals surface area (Å²) in [5.41, 5.74) is -1.19. The number of carbonyl (C=O) groups excluding carboxylic acids is 1. The zero-order valence-electron chi connectivity index (χ0n) is 16.7. The van der Waals surface area contributed by atoms with Crippen molar-refractivity contribution in [1.29, 1.82) is 0 Å². The number of hydrogen-bond donors (Lipinski definition) is 1. The predicted octanol–water partition coefficient (Wildman–Crippen LogP) is 0.714. The Labute approximate surface area is 157 Å². The molecule has 1 N–H and O–H groups in total. The highest BCUT2D eigenvalue weighted by atomic mass is 16.5. The van der Waals surface area contributed by atoms with Crippen LogP contribution in [0.4, 0.5) is 0 Å². The van der Waals surface area contributed by atoms with Crippen molar-refractivity contribution in [2.75, 3.05) is 65.7 Å². The van der Waals surface area contributed by atoms with E-state index in [0.29, 0.717) is 39.5 Å². The van der Waals surface area contributed by atoms with E-state index in [1.807, 2.05) is 27.7 Å². The summed E-state index contributed by atoms with van der Waals surface area (Å²) in [6.45, 7) is 15.6. The second kappa shape index (κ2) is 7.81. The van der Waals surface area contributed by atoms with E-state index in [1.54, 1.807) is 0 Å². The van der Waals surface area contributed by atoms with Gasteiger partial charge in [0.15, 0.2) is 0 Å². The number of piperidine rings is 1. The average molecular weight is 370 g/mol. The summed E-state index contributed by atoms with van der Waals surface area (Å²) >= 11 is 0. The maximum atomic E-state index is 13.6. The van der Waals surface area contributed by atoms with Crippen LogP contribution in [0.25, 0.3) is 0 Å². The van der Waals surface area contributed by atoms with Crippen molar-refractivity contribution >= 4 is 5.78 Å². The van der Waals surface area contributed by atoms with Crippen molar-refractivity contribution in [2.24, 2.45) is 11.8 Å². The minimum Gasteiger partial charge on any atom is -0.379 e. The van der Waals surface area contributed by atoms with Crippen molar-refractivity contribution in [3.8, 4) is 0 Å². The summed E-state index contributed by atoms with van der Waals surface area (Å²) in [5, 5.41) is 12.5. The molecule has 3 aliphatic heterocycles. The van der Waals surface area contributed by atoms with Crippen molar-refractivity contribution in [2.45, 2.75) is 38.8 Å². The van der Waals surface area contributed by atoms with E-state index in [9.17, 15) is 10.0 Å². The SMILES string of the molecule is CC1(C)C(CN2CCOCC2)C(=O)C(CN2CCOCC2)C(C)(C)N1O. The molecular weight excluding hydrogens is 334 g/mol. The van der Waals surface area contributed by atoms with Crippen LogP contribution in [0.2, 0.25) is 0 Å². The Bertz CT molecular complexity index is 457. The Kier molecular flexibility index (Phi) is 6.06. The Morgan fingerprint density at radius 3 is 1.54 bits per heavy atom. The first kappa shape index (κ1) is 20.2. The molecule has 0 aromatic heterocycles. The van der Waals surface area contributed by atoms with Crippen molar-refractivity contribution in [3.05, 3.63) is 0 Å². The van der Waals surface area contributed by atoms with Gasteiger partial charge in [0.05, 0.1) is 49.3 Å². The maximum absolute atomic E-state index is 13.6. The van der Waals surface area contributed by atoms with Crippen molar-refractivity contribution in [1.82, 2.24) is 14.9 Å². The number of Topliss-reactive ketones (excluding diaryl/α,β-unsaturated/α-hetero) is 1. The van der Waals surface area contributed by atoms with Crippen LogP contribution in [0.1, 0.15) is 27.7 Å². The number of hydrogen-bond acceptors (Lipinski definition) is 7. The van der Waals surface area contributed by atoms with Gasteiger partial charge >= 0.3 is 0 Å². The molecule has 0 aromatic rings. The lowest BCUT2D eigenvalue weighted by molar-refractivity contribution is -0.267. The third kappa shape index (κ3) is 3.84. The Hall–Kier alpha value is -0.570. The molecule has 0 radical (unpaired) electrons. The first-order valence-electron chi connectivity index (χ1n) is 9.87. The van der Waals surface area contributed by atoms with Gasteiger partial charge in [-0.05, 0) is 27.7 Å². The molecule has 3 heterocycles. The fourth-order valence-corrected chi connectivity index (χ4v) is 4.69. The normalized spacial score (nSPS) is 34.1. The summed E-state index contributed by atoms with van der Waals surface area (Å²) in [6, 6.07) is 0. The summed E-state index contributed by atoms with van der Waals surface area (Å²) in [6.07, 6.45) is 0. The van der Waals surface area contributed by atoms with Gasteiger partial charge in [0.25, 0.3) is 0 Å². The molecule has 26 heavy (non-hydrogen) atoms. The first-order chi connectivity index (χ1) is 12.2. The van der Waals surface area contributed by atoms with Crippen LogP contribution in [-0.2, 0) is 14.3 Å². The van der Waals surface area contributed by atoms with Crippen LogP contribution in [0.3, 0.4) is 0 Å². The van der Waals surface area contributed by atoms with E-state index in [-0.39, 0.29) is 17.6 Å². The molecule has 7 heteroatoms. The highest BCUT2D eigenvalue weighted by Gasteiger charge is 2.57. The van der Waals surface area contributed by atoms with Crippen molar-refractivity contribution < 1.29 is 19.5 Å². The molecule has 7 nitrogen and oxygen atoms in total. The lowest BCUT2D eigenvalue weighted by Gasteiger charge is -2.56. The molecule has 0 aromatic carbocycles. The molecule has 2 atom stereocenters. The molecule has 0 saturated carbocycles. The topological polar surface area (TPSA) is 65.5 Å². The third-order valence-electron chi connectivity index (χ3n) is 6.57. The minimum absolute atomic E-state index is 0.218. The molecule has 0 spiro atoms. The molecule has 3 saturated heterocycles. The standard InChI is InChI=1S/C19H35N3O4/c1-18(2)15(13-20-5-9-25-10-6-20)17(23)16(19(3,4)22(18)24)14-21-7-11-26-12-8-21/h15-16,24H,5-14H2,1-4H3. The van der Waals surface area contributed by atoms with Gasteiger partial charge in [-0.15, -0.1) is 0 Å². The van der Waals surface area contributed by atoms with Crippen LogP contribution in [0, 0.1) is 11.8 Å². The summed E-state index contributed by atoms with van der Waals surface area (Å²) in [7, 11) is 0. The van der Waals surface area contributed by atoms with E-state index < -0.39 is 11.1 Å². The van der Waals surface area contributed by atoms with E-state index in [4.69, 9.17) is 9.47 Å². The average Bonchev–Trinajstić information content (AvgIpc) is 2.63. The van der Waals surface area contributed by atoms with Gasteiger partial charge in [0.1, 0.15) is 5.78 Å². The number of hydroxylamine groups is 2. The van der Waals surface area contributed by atoms with E-state index in [2.05, 4.69) is 9.80 Å². The molecule has 0 bridgehead atoms. The van der Waals surface area contributed by atoms with E-state index in [0.717, 1.165) is 26.2 Å². The largest absolute Gasteiger partial charge is 0.379 e. The molecule has 2 unspecified atom stereocenters. The second-order valence-corrected chi connectivity index (χ2v) is 8.95. The molecule has 3 aliphatic rings. The summed E-state index contributed by atoms with van der Waals surface area (Å²) < 4.78 is 10.9. The molecular formula is C19H35N3O4. The Morgan fingerprint density at radius 2 is 1.19 bits per heavy atom. The van der Waals surface area contributed by atoms with Gasteiger partial charge < -0.3 is 14.7 Å². The second-order valence-electron chi connectivity index (χ2n) is 8.95. The third-order valence-corrected chi connectivity index (χ3v) is 6.57. The lowest BCUT2D eigenvalue weighted by Crippen LogP contribution is -2.71. The Balaban J connectivity index is 1.79. The number of nitrogens with zero attached hydrogens (tertiary/aromatic N) is 3. The van der Waals surface area contributed by atoms with Gasteiger partial charge in [-0.3, -0.25) is 14.6 Å². The monoisotopic (exact) mass is 369 g/mol. The highest BCUT2D eigenvalue weighted by Crippen LogP contribution is 2.43. The van der Waals surface area contributed by atoms with Crippen LogP contribution >= 0.6 is 0 Å². The van der Waals surface area contributed by atoms with Gasteiger partial charge in [-0.25, -0.2) is 0 Å². The molecule has 3 fully saturated rings. The fourth-order valence-electron chi connectivity index (χ4n) is 4.69. The van der Waals surface area contributed by atoms with Gasteiger partial charge in [-0.2, -0.15) is 5.06 Å². The Morgan fingerprint density at radius 1 is 0.846 bits per heavy atom. The predicted molar refractivity (Wildman–Crippen MR) is 98.3 cm³/mol. The number of rotatable bonds is 4. The highest BCUT2D eigenvalue weighted by molar-refractivity contribution is 5.87. The summed E-state index contributed by atoms with van der Waals surface area (Å²) in [5.74, 6) is -0.155. The van der Waals surface area contributed by atoms with Gasteiger partial charge in [0, 0.05) is 39.3 Å². The lowest BCUT2D eigenvalue weighted by atomic mass is 9.66. The number of morpholine rings is 2. The van der Waals surface area contributed by atoms with Gasteiger partial charge in [-0.1, -0.05) is 0 Å². The minimum atomic E-state index is -0.597. The molecule has 3 rings (SSSR count). The van der Waals surface area contributed by atoms with Gasteiger partial charge in [0.2, 0.25) is 0 Å². The van der Waals surface area contributed by atoms with E-state index in [1.165, 1.54) is 5.06 Å². The molecule has 0 amide bonds. The fraction of sp³-hybridized carbons (Fsp3) is 0.947. The van der Waals surface area contributed by atoms with Crippen LogP contribution in [0.15, 0.2) is 0 Å².